The quantitative estimate of drug-likeness (QED) is 0.0672. The van der Waals surface area contributed by atoms with Gasteiger partial charge in [-0.15, -0.1) is 16.5 Å². The third-order valence-electron chi connectivity index (χ3n) is 7.75. The molecule has 0 radical (unpaired) electrons. The topological polar surface area (TPSA) is 159 Å². The van der Waals surface area contributed by atoms with Gasteiger partial charge in [0.1, 0.15) is 5.56 Å². The lowest BCUT2D eigenvalue weighted by Gasteiger charge is -2.24. The van der Waals surface area contributed by atoms with Crippen LogP contribution in [0.4, 0.5) is 44.9 Å². The lowest BCUT2D eigenvalue weighted by molar-refractivity contribution is -0.209. The Morgan fingerprint density at radius 3 is 1.84 bits per heavy atom. The predicted molar refractivity (Wildman–Crippen MR) is 216 cm³/mol. The van der Waals surface area contributed by atoms with Crippen molar-refractivity contribution in [2.24, 2.45) is 10.2 Å². The fourth-order valence-corrected chi connectivity index (χ4v) is 5.74. The van der Waals surface area contributed by atoms with Gasteiger partial charge in [-0.05, 0) is 78.2 Å². The van der Waals surface area contributed by atoms with Crippen LogP contribution in [0.25, 0.3) is 0 Å². The van der Waals surface area contributed by atoms with Gasteiger partial charge in [-0.2, -0.15) is 5.11 Å². The van der Waals surface area contributed by atoms with Gasteiger partial charge >= 0.3 is 11.9 Å². The highest BCUT2D eigenvalue weighted by Gasteiger charge is 2.33. The molecule has 2 aromatic heterocycles. The number of carbonyl (C=O) groups excluding carboxylic acids is 3. The summed E-state index contributed by atoms with van der Waals surface area (Å²) in [5.74, 6) is -1.62. The largest absolute Gasteiger partial charge is 0.353 e. The number of hydroxylamine groups is 2. The van der Waals surface area contributed by atoms with Crippen molar-refractivity contribution in [3.8, 4) is 10.8 Å². The van der Waals surface area contributed by atoms with Gasteiger partial charge in [0.25, 0.3) is 5.91 Å². The van der Waals surface area contributed by atoms with Crippen molar-refractivity contribution < 1.29 is 24.1 Å². The van der Waals surface area contributed by atoms with Crippen molar-refractivity contribution in [2.75, 3.05) is 21.3 Å². The smallest absolute Gasteiger partial charge is 0.333 e. The van der Waals surface area contributed by atoms with E-state index in [9.17, 15) is 9.59 Å². The van der Waals surface area contributed by atoms with E-state index in [1.807, 2.05) is 18.2 Å². The predicted octanol–water partition coefficient (Wildman–Crippen LogP) is 10.6. The summed E-state index contributed by atoms with van der Waals surface area (Å²) in [5.41, 5.74) is 1.50. The molecule has 0 aliphatic carbocycles. The number of benzene rings is 5. The molecular formula is C42H32N8O5S. The number of para-hydroxylation sites is 3. The average molecular weight is 761 g/mol. The Bertz CT molecular complexity index is 2420. The average Bonchev–Trinajstić information content (AvgIpc) is 3.75. The summed E-state index contributed by atoms with van der Waals surface area (Å²) in [7, 11) is 0. The number of aromatic nitrogens is 1. The highest BCUT2D eigenvalue weighted by molar-refractivity contribution is 7.11. The van der Waals surface area contributed by atoms with Crippen LogP contribution in [0.2, 0.25) is 0 Å². The van der Waals surface area contributed by atoms with Crippen LogP contribution in [0.5, 0.6) is 10.8 Å². The lowest BCUT2D eigenvalue weighted by atomic mass is 10.1. The molecule has 56 heavy (non-hydrogen) atoms. The molecule has 0 aliphatic rings. The summed E-state index contributed by atoms with van der Waals surface area (Å²) in [6, 6.07) is 46.4. The van der Waals surface area contributed by atoms with Gasteiger partial charge in [0.05, 0.1) is 11.4 Å². The number of rotatable bonds is 13. The first kappa shape index (κ1) is 36.5. The number of carbonyl (C=O) groups is 3. The Morgan fingerprint density at radius 1 is 0.589 bits per heavy atom. The van der Waals surface area contributed by atoms with E-state index in [1.54, 1.807) is 151 Å². The molecule has 7 aromatic rings. The number of thiophene rings is 1. The maximum atomic E-state index is 15.1. The number of anilines is 5. The summed E-state index contributed by atoms with van der Waals surface area (Å²) in [6.45, 7) is 0. The molecule has 0 fully saturated rings. The first-order valence-corrected chi connectivity index (χ1v) is 18.0. The van der Waals surface area contributed by atoms with Gasteiger partial charge in [-0.1, -0.05) is 91.0 Å². The molecule has 5 aromatic carbocycles. The standard InChI is InChI=1S/C42H32N8O5S/c51-40(29-17-6-1-7-18-29)46-38-35(41(52)50(55-34-27-16-28-56-34)54-33-25-14-5-15-26-33)36(43-30-19-8-2-9-20-30)37(49-48-32-23-12-4-13-24-32)39(45-38)47-42(53)44-31-21-10-3-11-22-31/h1-28H,(H4,43,44,45,46,47,51,53). The van der Waals surface area contributed by atoms with Crippen LogP contribution in [0.15, 0.2) is 179 Å². The Labute approximate surface area is 325 Å². The van der Waals surface area contributed by atoms with Gasteiger partial charge in [0, 0.05) is 22.2 Å². The minimum atomic E-state index is -0.895. The number of azo groups is 1. The van der Waals surface area contributed by atoms with E-state index in [0.29, 0.717) is 27.4 Å². The van der Waals surface area contributed by atoms with Gasteiger partial charge in [0.15, 0.2) is 23.1 Å². The molecule has 7 rings (SSSR count). The molecule has 2 heterocycles. The lowest BCUT2D eigenvalue weighted by Crippen LogP contribution is -2.38. The van der Waals surface area contributed by atoms with Crippen molar-refractivity contribution in [1.82, 2.24) is 10.2 Å². The van der Waals surface area contributed by atoms with Crippen molar-refractivity contribution in [3.63, 3.8) is 0 Å². The van der Waals surface area contributed by atoms with E-state index in [-0.39, 0.29) is 39.9 Å². The van der Waals surface area contributed by atoms with Crippen LogP contribution in [0, 0.1) is 0 Å². The minimum Gasteiger partial charge on any atom is -0.353 e. The van der Waals surface area contributed by atoms with E-state index in [4.69, 9.17) is 9.68 Å². The second-order valence-electron chi connectivity index (χ2n) is 11.7. The van der Waals surface area contributed by atoms with Crippen molar-refractivity contribution in [1.29, 1.82) is 0 Å². The molecule has 13 nitrogen and oxygen atoms in total. The van der Waals surface area contributed by atoms with E-state index < -0.39 is 17.8 Å². The molecule has 0 saturated heterocycles. The molecule has 0 bridgehead atoms. The van der Waals surface area contributed by atoms with Crippen LogP contribution in [-0.2, 0) is 0 Å². The summed E-state index contributed by atoms with van der Waals surface area (Å²) in [6.07, 6.45) is 0. The van der Waals surface area contributed by atoms with Gasteiger partial charge in [0.2, 0.25) is 5.06 Å². The summed E-state index contributed by atoms with van der Waals surface area (Å²) >= 11 is 1.23. The Morgan fingerprint density at radius 2 is 1.20 bits per heavy atom. The molecule has 0 saturated carbocycles. The fraction of sp³-hybridized carbons (Fsp3) is 0. The number of pyridine rings is 1. The summed E-state index contributed by atoms with van der Waals surface area (Å²) in [4.78, 5) is 59.3. The van der Waals surface area contributed by atoms with Crippen molar-refractivity contribution >= 4 is 69.3 Å². The van der Waals surface area contributed by atoms with E-state index >= 15 is 4.79 Å². The molecule has 0 spiro atoms. The Balaban J connectivity index is 1.45. The van der Waals surface area contributed by atoms with Gasteiger partial charge < -0.3 is 25.6 Å². The normalized spacial score (nSPS) is 10.6. The first-order valence-electron chi connectivity index (χ1n) is 17.2. The van der Waals surface area contributed by atoms with Crippen molar-refractivity contribution in [2.45, 2.75) is 0 Å². The molecule has 276 valence electrons. The highest BCUT2D eigenvalue weighted by atomic mass is 32.1. The number of hydrogen-bond acceptors (Lipinski definition) is 10. The van der Waals surface area contributed by atoms with E-state index in [1.165, 1.54) is 11.3 Å². The molecule has 14 heteroatoms. The van der Waals surface area contributed by atoms with E-state index in [2.05, 4.69) is 36.5 Å². The SMILES string of the molecule is O=C(Nc1ccccc1)Nc1nc(NC(=O)c2ccccc2)c(C(=O)N(Oc2ccccc2)Oc2cccs2)c(Nc2ccccc2)c1N=Nc1ccccc1. The maximum Gasteiger partial charge on any atom is 0.333 e. The summed E-state index contributed by atoms with van der Waals surface area (Å²) < 4.78 is 0. The van der Waals surface area contributed by atoms with Crippen LogP contribution < -0.4 is 30.9 Å². The monoisotopic (exact) mass is 760 g/mol. The number of amides is 4. The second kappa shape index (κ2) is 17.8. The Kier molecular flexibility index (Phi) is 11.6. The minimum absolute atomic E-state index is 0.00527. The van der Waals surface area contributed by atoms with Crippen LogP contribution >= 0.6 is 11.3 Å². The number of urea groups is 1. The molecule has 0 unspecified atom stereocenters. The third kappa shape index (κ3) is 9.38. The molecule has 0 aliphatic heterocycles. The van der Waals surface area contributed by atoms with Crippen LogP contribution in [0.1, 0.15) is 20.7 Å². The number of nitrogens with one attached hydrogen (secondary N) is 4. The molecule has 4 N–H and O–H groups in total. The van der Waals surface area contributed by atoms with Crippen molar-refractivity contribution in [3.05, 3.63) is 180 Å². The number of nitrogens with zero attached hydrogens (tertiary/aromatic N) is 4. The van der Waals surface area contributed by atoms with Gasteiger partial charge in [-0.3, -0.25) is 14.9 Å². The zero-order valence-electron chi connectivity index (χ0n) is 29.4. The highest BCUT2D eigenvalue weighted by Crippen LogP contribution is 2.43. The molecule has 0 atom stereocenters. The first-order chi connectivity index (χ1) is 27.5. The molecule has 4 amide bonds. The van der Waals surface area contributed by atoms with Gasteiger partial charge in [-0.25, -0.2) is 9.78 Å². The molecular weight excluding hydrogens is 729 g/mol. The third-order valence-corrected chi connectivity index (χ3v) is 8.48. The number of hydrogen-bond donors (Lipinski definition) is 4. The zero-order valence-corrected chi connectivity index (χ0v) is 30.2. The summed E-state index contributed by atoms with van der Waals surface area (Å²) in [5, 5.41) is 23.4. The second-order valence-corrected chi connectivity index (χ2v) is 12.6. The Hall–Kier alpha value is -7.84. The fourth-order valence-electron chi connectivity index (χ4n) is 5.18. The van der Waals surface area contributed by atoms with E-state index in [0.717, 1.165) is 0 Å². The van der Waals surface area contributed by atoms with Crippen LogP contribution in [-0.4, -0.2) is 28.1 Å². The van der Waals surface area contributed by atoms with Crippen LogP contribution in [0.3, 0.4) is 0 Å². The maximum absolute atomic E-state index is 15.1. The zero-order chi connectivity index (χ0) is 38.5.